The number of hydrogen-bond donors (Lipinski definition) is 1. The Labute approximate surface area is 108 Å². The van der Waals surface area contributed by atoms with Gasteiger partial charge in [-0.3, -0.25) is 0 Å². The maximum absolute atomic E-state index is 6.18. The fourth-order valence-corrected chi connectivity index (χ4v) is 2.02. The van der Waals surface area contributed by atoms with Gasteiger partial charge in [0.2, 0.25) is 0 Å². The molecule has 96 valence electrons. The highest BCUT2D eigenvalue weighted by molar-refractivity contribution is 6.32. The Balaban J connectivity index is 3.04. The molecule has 1 unspecified atom stereocenters. The van der Waals surface area contributed by atoms with Gasteiger partial charge in [0, 0.05) is 13.7 Å². The average Bonchev–Trinajstić information content (AvgIpc) is 2.31. The van der Waals surface area contributed by atoms with E-state index in [1.807, 2.05) is 33.0 Å². The molecule has 0 saturated heterocycles. The second-order valence-electron chi connectivity index (χ2n) is 3.85. The van der Waals surface area contributed by atoms with Crippen LogP contribution < -0.4 is 10.1 Å². The van der Waals surface area contributed by atoms with E-state index in [1.54, 1.807) is 7.11 Å². The molecule has 0 aromatic heterocycles. The predicted octanol–water partition coefficient (Wildman–Crippen LogP) is 2.95. The number of nitrogens with one attached hydrogen (secondary N) is 1. The number of hydrogen-bond acceptors (Lipinski definition) is 3. The van der Waals surface area contributed by atoms with E-state index in [9.17, 15) is 0 Å². The lowest BCUT2D eigenvalue weighted by Gasteiger charge is -2.19. The molecule has 3 nitrogen and oxygen atoms in total. The van der Waals surface area contributed by atoms with Crippen molar-refractivity contribution in [1.29, 1.82) is 0 Å². The summed E-state index contributed by atoms with van der Waals surface area (Å²) in [6, 6.07) is 3.89. The van der Waals surface area contributed by atoms with Crippen LogP contribution in [0, 0.1) is 6.92 Å². The Kier molecular flexibility index (Phi) is 5.75. The lowest BCUT2D eigenvalue weighted by atomic mass is 10.0. The molecule has 0 fully saturated rings. The van der Waals surface area contributed by atoms with E-state index in [4.69, 9.17) is 21.1 Å². The summed E-state index contributed by atoms with van der Waals surface area (Å²) >= 11 is 6.18. The molecule has 0 aliphatic heterocycles. The van der Waals surface area contributed by atoms with Gasteiger partial charge in [0.25, 0.3) is 0 Å². The molecule has 0 heterocycles. The maximum Gasteiger partial charge on any atom is 0.138 e. The monoisotopic (exact) mass is 257 g/mol. The molecule has 17 heavy (non-hydrogen) atoms. The molecule has 1 atom stereocenters. The molecular weight excluding hydrogens is 238 g/mol. The van der Waals surface area contributed by atoms with Crippen LogP contribution in [0.5, 0.6) is 5.75 Å². The highest BCUT2D eigenvalue weighted by Gasteiger charge is 2.15. The Morgan fingerprint density at radius 2 is 2.12 bits per heavy atom. The van der Waals surface area contributed by atoms with E-state index in [2.05, 4.69) is 5.32 Å². The van der Waals surface area contributed by atoms with Gasteiger partial charge >= 0.3 is 0 Å². The summed E-state index contributed by atoms with van der Waals surface area (Å²) in [5.74, 6) is 0.731. The molecule has 0 bridgehead atoms. The van der Waals surface area contributed by atoms with Gasteiger partial charge in [-0.1, -0.05) is 11.6 Å². The van der Waals surface area contributed by atoms with Crippen LogP contribution in [0.15, 0.2) is 12.1 Å². The molecule has 1 aromatic carbocycles. The van der Waals surface area contributed by atoms with E-state index in [0.29, 0.717) is 11.6 Å². The first-order valence-electron chi connectivity index (χ1n) is 5.74. The SMILES string of the molecule is CCOc1cc(C)c(C(CNC)OC)cc1Cl. The second-order valence-corrected chi connectivity index (χ2v) is 4.26. The third-order valence-corrected chi connectivity index (χ3v) is 2.94. The molecule has 0 aliphatic rings. The number of halogens is 1. The van der Waals surface area contributed by atoms with Crippen LogP contribution in [-0.4, -0.2) is 27.3 Å². The molecule has 0 amide bonds. The van der Waals surface area contributed by atoms with Gasteiger partial charge in [0.15, 0.2) is 0 Å². The Hall–Kier alpha value is -0.770. The zero-order valence-electron chi connectivity index (χ0n) is 10.8. The van der Waals surface area contributed by atoms with Crippen molar-refractivity contribution in [1.82, 2.24) is 5.32 Å². The summed E-state index contributed by atoms with van der Waals surface area (Å²) in [6.07, 6.45) is 0.00757. The summed E-state index contributed by atoms with van der Waals surface area (Å²) in [4.78, 5) is 0. The maximum atomic E-state index is 6.18. The van der Waals surface area contributed by atoms with Gasteiger partial charge in [0.05, 0.1) is 17.7 Å². The Bertz CT molecular complexity index is 369. The largest absolute Gasteiger partial charge is 0.492 e. The summed E-state index contributed by atoms with van der Waals surface area (Å²) in [5, 5.41) is 3.73. The zero-order valence-corrected chi connectivity index (χ0v) is 11.6. The lowest BCUT2D eigenvalue weighted by molar-refractivity contribution is 0.104. The van der Waals surface area contributed by atoms with Gasteiger partial charge < -0.3 is 14.8 Å². The van der Waals surface area contributed by atoms with E-state index < -0.39 is 0 Å². The van der Waals surface area contributed by atoms with E-state index in [0.717, 1.165) is 23.4 Å². The zero-order chi connectivity index (χ0) is 12.8. The smallest absolute Gasteiger partial charge is 0.138 e. The average molecular weight is 258 g/mol. The fraction of sp³-hybridized carbons (Fsp3) is 0.538. The highest BCUT2D eigenvalue weighted by Crippen LogP contribution is 2.31. The quantitative estimate of drug-likeness (QED) is 0.850. The molecule has 0 spiro atoms. The second kappa shape index (κ2) is 6.84. The van der Waals surface area contributed by atoms with E-state index in [1.165, 1.54) is 0 Å². The minimum atomic E-state index is 0.00757. The van der Waals surface area contributed by atoms with Crippen LogP contribution >= 0.6 is 11.6 Å². The molecule has 1 rings (SSSR count). The lowest BCUT2D eigenvalue weighted by Crippen LogP contribution is -2.19. The molecule has 1 aromatic rings. The number of aryl methyl sites for hydroxylation is 1. The van der Waals surface area contributed by atoms with Gasteiger partial charge in [0.1, 0.15) is 5.75 Å². The minimum absolute atomic E-state index is 0.00757. The van der Waals surface area contributed by atoms with Gasteiger partial charge in [-0.2, -0.15) is 0 Å². The van der Waals surface area contributed by atoms with Crippen LogP contribution in [0.25, 0.3) is 0 Å². The third-order valence-electron chi connectivity index (χ3n) is 2.64. The summed E-state index contributed by atoms with van der Waals surface area (Å²) < 4.78 is 10.9. The first-order valence-corrected chi connectivity index (χ1v) is 6.12. The van der Waals surface area contributed by atoms with Gasteiger partial charge in [-0.15, -0.1) is 0 Å². The number of methoxy groups -OCH3 is 1. The molecule has 0 radical (unpaired) electrons. The first-order chi connectivity index (χ1) is 8.13. The van der Waals surface area contributed by atoms with Crippen molar-refractivity contribution in [3.8, 4) is 5.75 Å². The molecule has 4 heteroatoms. The van der Waals surface area contributed by atoms with Crippen LogP contribution in [0.3, 0.4) is 0 Å². The van der Waals surface area contributed by atoms with Crippen LogP contribution in [-0.2, 0) is 4.74 Å². The summed E-state index contributed by atoms with van der Waals surface area (Å²) in [7, 11) is 3.60. The van der Waals surface area contributed by atoms with E-state index >= 15 is 0 Å². The van der Waals surface area contributed by atoms with Crippen molar-refractivity contribution >= 4 is 11.6 Å². The normalized spacial score (nSPS) is 12.5. The van der Waals surface area contributed by atoms with Crippen molar-refractivity contribution in [3.05, 3.63) is 28.3 Å². The van der Waals surface area contributed by atoms with Crippen molar-refractivity contribution in [2.45, 2.75) is 20.0 Å². The van der Waals surface area contributed by atoms with Crippen LogP contribution in [0.4, 0.5) is 0 Å². The topological polar surface area (TPSA) is 30.5 Å². The summed E-state index contributed by atoms with van der Waals surface area (Å²) in [5.41, 5.74) is 2.22. The fourth-order valence-electron chi connectivity index (χ4n) is 1.79. The first kappa shape index (κ1) is 14.3. The number of rotatable bonds is 6. The van der Waals surface area contributed by atoms with Crippen molar-refractivity contribution < 1.29 is 9.47 Å². The molecule has 0 aliphatic carbocycles. The van der Waals surface area contributed by atoms with Crippen molar-refractivity contribution in [2.24, 2.45) is 0 Å². The van der Waals surface area contributed by atoms with E-state index in [-0.39, 0.29) is 6.10 Å². The minimum Gasteiger partial charge on any atom is -0.492 e. The molecule has 1 N–H and O–H groups in total. The number of benzene rings is 1. The molecule has 0 saturated carbocycles. The van der Waals surface area contributed by atoms with Gasteiger partial charge in [-0.05, 0) is 44.2 Å². The van der Waals surface area contributed by atoms with Crippen molar-refractivity contribution in [2.75, 3.05) is 27.3 Å². The molecular formula is C13H20ClNO2. The predicted molar refractivity (Wildman–Crippen MR) is 71.0 cm³/mol. The van der Waals surface area contributed by atoms with Crippen molar-refractivity contribution in [3.63, 3.8) is 0 Å². The third kappa shape index (κ3) is 3.60. The standard InChI is InChI=1S/C13H20ClNO2/c1-5-17-12-6-9(2)10(7-11(12)14)13(16-4)8-15-3/h6-7,13,15H,5,8H2,1-4H3. The summed E-state index contributed by atoms with van der Waals surface area (Å²) in [6.45, 7) is 5.35. The Morgan fingerprint density at radius 1 is 1.41 bits per heavy atom. The van der Waals surface area contributed by atoms with Crippen LogP contribution in [0.2, 0.25) is 5.02 Å². The Morgan fingerprint density at radius 3 is 2.65 bits per heavy atom. The van der Waals surface area contributed by atoms with Crippen LogP contribution in [0.1, 0.15) is 24.2 Å². The highest BCUT2D eigenvalue weighted by atomic mass is 35.5. The number of likely N-dealkylation sites (N-methyl/N-ethyl adjacent to an activating group) is 1. The number of ether oxygens (including phenoxy) is 2. The van der Waals surface area contributed by atoms with Gasteiger partial charge in [-0.25, -0.2) is 0 Å².